The van der Waals surface area contributed by atoms with E-state index in [9.17, 15) is 0 Å². The molecule has 1 atom stereocenters. The summed E-state index contributed by atoms with van der Waals surface area (Å²) in [6.07, 6.45) is 5.04. The summed E-state index contributed by atoms with van der Waals surface area (Å²) in [4.78, 5) is 0. The zero-order chi connectivity index (χ0) is 6.81. The maximum atomic E-state index is 2.38. The van der Waals surface area contributed by atoms with E-state index in [-0.39, 0.29) is 0 Å². The van der Waals surface area contributed by atoms with E-state index in [1.165, 1.54) is 18.4 Å². The first kappa shape index (κ1) is 5.96. The zero-order valence-electron chi connectivity index (χ0n) is 5.96. The molecule has 0 aliphatic heterocycles. The van der Waals surface area contributed by atoms with Gasteiger partial charge in [-0.2, -0.15) is 0 Å². The molecule has 1 aliphatic rings. The predicted molar refractivity (Wildman–Crippen MR) is 42.7 cm³/mol. The molecule has 0 heterocycles. The van der Waals surface area contributed by atoms with Gasteiger partial charge in [-0.3, -0.25) is 0 Å². The number of benzene rings is 1. The van der Waals surface area contributed by atoms with Crippen LogP contribution in [0.1, 0.15) is 24.3 Å². The van der Waals surface area contributed by atoms with Crippen molar-refractivity contribution in [3.05, 3.63) is 42.3 Å². The molecule has 1 aromatic rings. The molecule has 0 bridgehead atoms. The second-order valence-electron chi connectivity index (χ2n) is 2.83. The number of rotatable bonds is 1. The maximum absolute atomic E-state index is 2.38. The van der Waals surface area contributed by atoms with E-state index in [2.05, 4.69) is 36.8 Å². The van der Waals surface area contributed by atoms with Gasteiger partial charge in [0.25, 0.3) is 0 Å². The Labute approximate surface area is 61.9 Å². The highest BCUT2D eigenvalue weighted by molar-refractivity contribution is 5.24. The van der Waals surface area contributed by atoms with E-state index >= 15 is 0 Å². The van der Waals surface area contributed by atoms with Crippen molar-refractivity contribution >= 4 is 0 Å². The Kier molecular flexibility index (Phi) is 1.46. The van der Waals surface area contributed by atoms with Gasteiger partial charge in [-0.25, -0.2) is 0 Å². The van der Waals surface area contributed by atoms with Crippen LogP contribution in [0.15, 0.2) is 30.3 Å². The molecule has 2 rings (SSSR count). The van der Waals surface area contributed by atoms with Crippen molar-refractivity contribution in [2.45, 2.75) is 18.8 Å². The Morgan fingerprint density at radius 1 is 1.10 bits per heavy atom. The van der Waals surface area contributed by atoms with Crippen LogP contribution in [0.3, 0.4) is 0 Å². The van der Waals surface area contributed by atoms with Gasteiger partial charge < -0.3 is 0 Å². The Morgan fingerprint density at radius 3 is 2.30 bits per heavy atom. The van der Waals surface area contributed by atoms with E-state index < -0.39 is 0 Å². The second-order valence-corrected chi connectivity index (χ2v) is 2.83. The van der Waals surface area contributed by atoms with Crippen LogP contribution >= 0.6 is 0 Å². The Bertz CT molecular complexity index is 197. The maximum Gasteiger partial charge on any atom is -0.0131 e. The summed E-state index contributed by atoms with van der Waals surface area (Å²) in [5, 5.41) is 0. The molecule has 1 unspecified atom stereocenters. The number of hydrogen-bond acceptors (Lipinski definition) is 0. The fourth-order valence-corrected chi connectivity index (χ4v) is 1.34. The summed E-state index contributed by atoms with van der Waals surface area (Å²) in [7, 11) is 0. The minimum atomic E-state index is 0.765. The first-order valence-electron chi connectivity index (χ1n) is 3.85. The zero-order valence-corrected chi connectivity index (χ0v) is 5.96. The van der Waals surface area contributed by atoms with Gasteiger partial charge in [0.2, 0.25) is 0 Å². The lowest BCUT2D eigenvalue weighted by molar-refractivity contribution is 0.553. The van der Waals surface area contributed by atoms with Crippen LogP contribution in [-0.2, 0) is 0 Å². The fraction of sp³-hybridized carbons (Fsp3) is 0.300. The molecule has 1 saturated carbocycles. The van der Waals surface area contributed by atoms with E-state index in [0.29, 0.717) is 0 Å². The van der Waals surface area contributed by atoms with Gasteiger partial charge in [0.15, 0.2) is 0 Å². The van der Waals surface area contributed by atoms with E-state index in [0.717, 1.165) is 5.92 Å². The fourth-order valence-electron chi connectivity index (χ4n) is 1.34. The molecule has 1 radical (unpaired) electrons. The molecule has 0 amide bonds. The summed E-state index contributed by atoms with van der Waals surface area (Å²) in [5.41, 5.74) is 1.48. The molecule has 0 N–H and O–H groups in total. The van der Waals surface area contributed by atoms with Crippen LogP contribution in [0, 0.1) is 6.42 Å². The van der Waals surface area contributed by atoms with E-state index in [1.807, 2.05) is 0 Å². The second kappa shape index (κ2) is 2.45. The molecule has 0 nitrogen and oxygen atoms in total. The molecule has 1 aromatic carbocycles. The van der Waals surface area contributed by atoms with Gasteiger partial charge in [-0.05, 0) is 30.7 Å². The van der Waals surface area contributed by atoms with E-state index in [1.54, 1.807) is 0 Å². The third-order valence-corrected chi connectivity index (χ3v) is 2.16. The van der Waals surface area contributed by atoms with Crippen molar-refractivity contribution in [3.63, 3.8) is 0 Å². The van der Waals surface area contributed by atoms with Crippen LogP contribution in [0.2, 0.25) is 0 Å². The van der Waals surface area contributed by atoms with Crippen molar-refractivity contribution in [2.75, 3.05) is 0 Å². The van der Waals surface area contributed by atoms with Gasteiger partial charge in [-0.1, -0.05) is 30.3 Å². The van der Waals surface area contributed by atoms with Crippen molar-refractivity contribution in [3.8, 4) is 0 Å². The first-order valence-corrected chi connectivity index (χ1v) is 3.85. The lowest BCUT2D eigenvalue weighted by atomic mass is 9.80. The summed E-state index contributed by atoms with van der Waals surface area (Å²) in [6.45, 7) is 0. The highest BCUT2D eigenvalue weighted by Gasteiger charge is 2.18. The predicted octanol–water partition coefficient (Wildman–Crippen LogP) is 2.77. The highest BCUT2D eigenvalue weighted by atomic mass is 14.2. The molecule has 0 heteroatoms. The molecule has 1 aliphatic carbocycles. The largest absolute Gasteiger partial charge is 0.0622 e. The summed E-state index contributed by atoms with van der Waals surface area (Å²) >= 11 is 0. The Hall–Kier alpha value is -0.780. The SMILES string of the molecule is [CH]1CCC1c1ccccc1. The molecule has 51 valence electrons. The average Bonchev–Trinajstić information content (AvgIpc) is 1.86. The topological polar surface area (TPSA) is 0 Å². The smallest absolute Gasteiger partial charge is 0.0131 e. The monoisotopic (exact) mass is 131 g/mol. The Balaban J connectivity index is 2.18. The molecular formula is C10H11. The first-order chi connectivity index (χ1) is 4.97. The van der Waals surface area contributed by atoms with Crippen LogP contribution in [0.5, 0.6) is 0 Å². The summed E-state index contributed by atoms with van der Waals surface area (Å²) < 4.78 is 0. The van der Waals surface area contributed by atoms with Crippen LogP contribution in [0.4, 0.5) is 0 Å². The molecule has 0 spiro atoms. The van der Waals surface area contributed by atoms with Crippen molar-refractivity contribution in [1.82, 2.24) is 0 Å². The summed E-state index contributed by atoms with van der Waals surface area (Å²) in [6, 6.07) is 10.7. The van der Waals surface area contributed by atoms with Gasteiger partial charge in [0, 0.05) is 0 Å². The van der Waals surface area contributed by atoms with E-state index in [4.69, 9.17) is 0 Å². The third-order valence-electron chi connectivity index (χ3n) is 2.16. The third kappa shape index (κ3) is 0.942. The minimum absolute atomic E-state index is 0.765. The lowest BCUT2D eigenvalue weighted by Crippen LogP contribution is -2.08. The van der Waals surface area contributed by atoms with Gasteiger partial charge >= 0.3 is 0 Å². The van der Waals surface area contributed by atoms with Gasteiger partial charge in [0.05, 0.1) is 0 Å². The van der Waals surface area contributed by atoms with Crippen LogP contribution in [-0.4, -0.2) is 0 Å². The molecular weight excluding hydrogens is 120 g/mol. The van der Waals surface area contributed by atoms with Crippen molar-refractivity contribution < 1.29 is 0 Å². The Morgan fingerprint density at radius 2 is 1.80 bits per heavy atom. The summed E-state index contributed by atoms with van der Waals surface area (Å²) in [5.74, 6) is 0.765. The normalized spacial score (nSPS) is 18.4. The van der Waals surface area contributed by atoms with Gasteiger partial charge in [0.1, 0.15) is 0 Å². The van der Waals surface area contributed by atoms with Crippen LogP contribution in [0.25, 0.3) is 0 Å². The van der Waals surface area contributed by atoms with Crippen molar-refractivity contribution in [1.29, 1.82) is 0 Å². The molecule has 0 saturated heterocycles. The molecule has 1 fully saturated rings. The quantitative estimate of drug-likeness (QED) is 0.549. The average molecular weight is 131 g/mol. The standard InChI is InChI=1S/C10H11/c1-2-5-9(6-3-1)10-7-4-8-10/h1-3,5-7,10H,4,8H2. The van der Waals surface area contributed by atoms with Crippen molar-refractivity contribution in [2.24, 2.45) is 0 Å². The van der Waals surface area contributed by atoms with Crippen LogP contribution < -0.4 is 0 Å². The minimum Gasteiger partial charge on any atom is -0.0622 e. The molecule has 10 heavy (non-hydrogen) atoms. The number of hydrogen-bond donors (Lipinski definition) is 0. The van der Waals surface area contributed by atoms with Gasteiger partial charge in [-0.15, -0.1) is 0 Å². The molecule has 0 aromatic heterocycles. The lowest BCUT2D eigenvalue weighted by Gasteiger charge is -2.24. The highest BCUT2D eigenvalue weighted by Crippen LogP contribution is 2.34.